The molecule has 0 spiro atoms. The van der Waals surface area contributed by atoms with Crippen LogP contribution in [0.1, 0.15) is 31.1 Å². The maximum Gasteiger partial charge on any atom is 0.338 e. The van der Waals surface area contributed by atoms with Crippen molar-refractivity contribution in [2.45, 2.75) is 20.8 Å². The molecule has 0 heterocycles. The van der Waals surface area contributed by atoms with E-state index in [0.717, 1.165) is 0 Å². The summed E-state index contributed by atoms with van der Waals surface area (Å²) in [6.07, 6.45) is 0. The number of rotatable bonds is 5. The van der Waals surface area contributed by atoms with Gasteiger partial charge in [-0.15, -0.1) is 0 Å². The fourth-order valence-corrected chi connectivity index (χ4v) is 1.31. The van der Waals surface area contributed by atoms with Gasteiger partial charge in [-0.2, -0.15) is 0 Å². The first-order valence-corrected chi connectivity index (χ1v) is 6.42. The van der Waals surface area contributed by atoms with Crippen LogP contribution in [0.25, 0.3) is 0 Å². The number of benzene rings is 1. The SMILES string of the molecule is COCCOC(=O)c1ccc(NC(=O)C(C)(C)C)cc1. The molecule has 1 aromatic carbocycles. The van der Waals surface area contributed by atoms with E-state index in [4.69, 9.17) is 9.47 Å². The number of carbonyl (C=O) groups excluding carboxylic acids is 2. The molecule has 1 rings (SSSR count). The van der Waals surface area contributed by atoms with Gasteiger partial charge < -0.3 is 14.8 Å². The highest BCUT2D eigenvalue weighted by Crippen LogP contribution is 2.17. The third-order valence-corrected chi connectivity index (χ3v) is 2.58. The van der Waals surface area contributed by atoms with Crippen LogP contribution in [0, 0.1) is 5.41 Å². The van der Waals surface area contributed by atoms with E-state index in [1.807, 2.05) is 20.8 Å². The van der Waals surface area contributed by atoms with E-state index in [1.54, 1.807) is 31.4 Å². The Balaban J connectivity index is 2.60. The van der Waals surface area contributed by atoms with E-state index < -0.39 is 11.4 Å². The number of amides is 1. The molecule has 110 valence electrons. The maximum absolute atomic E-state index is 11.8. The summed E-state index contributed by atoms with van der Waals surface area (Å²) in [5.74, 6) is -0.483. The molecule has 1 aromatic rings. The fraction of sp³-hybridized carbons (Fsp3) is 0.467. The molecule has 1 amide bonds. The molecule has 0 aromatic heterocycles. The molecule has 0 aliphatic carbocycles. The van der Waals surface area contributed by atoms with Crippen molar-refractivity contribution in [1.82, 2.24) is 0 Å². The van der Waals surface area contributed by atoms with Gasteiger partial charge in [-0.05, 0) is 24.3 Å². The van der Waals surface area contributed by atoms with Crippen molar-refractivity contribution in [3.05, 3.63) is 29.8 Å². The summed E-state index contributed by atoms with van der Waals surface area (Å²) in [5.41, 5.74) is 0.630. The predicted molar refractivity (Wildman–Crippen MR) is 76.7 cm³/mol. The van der Waals surface area contributed by atoms with Crippen molar-refractivity contribution >= 4 is 17.6 Å². The van der Waals surface area contributed by atoms with Crippen molar-refractivity contribution in [3.8, 4) is 0 Å². The van der Waals surface area contributed by atoms with Gasteiger partial charge in [-0.25, -0.2) is 4.79 Å². The molecule has 5 heteroatoms. The van der Waals surface area contributed by atoms with E-state index in [2.05, 4.69) is 5.32 Å². The molecule has 0 aliphatic rings. The van der Waals surface area contributed by atoms with Crippen LogP contribution in [0.5, 0.6) is 0 Å². The number of anilines is 1. The Bertz CT molecular complexity index is 460. The molecule has 0 unspecified atom stereocenters. The summed E-state index contributed by atoms with van der Waals surface area (Å²) in [4.78, 5) is 23.5. The van der Waals surface area contributed by atoms with Gasteiger partial charge in [-0.3, -0.25) is 4.79 Å². The van der Waals surface area contributed by atoms with Crippen LogP contribution in [0.3, 0.4) is 0 Å². The highest BCUT2D eigenvalue weighted by Gasteiger charge is 2.21. The first-order chi connectivity index (χ1) is 9.34. The summed E-state index contributed by atoms with van der Waals surface area (Å²) in [5, 5.41) is 2.79. The van der Waals surface area contributed by atoms with E-state index >= 15 is 0 Å². The molecule has 0 bridgehead atoms. The summed E-state index contributed by atoms with van der Waals surface area (Å²) in [6.45, 7) is 6.10. The van der Waals surface area contributed by atoms with Crippen molar-refractivity contribution in [3.63, 3.8) is 0 Å². The number of methoxy groups -OCH3 is 1. The predicted octanol–water partition coefficient (Wildman–Crippen LogP) is 2.47. The van der Waals surface area contributed by atoms with Gasteiger partial charge in [0, 0.05) is 18.2 Å². The largest absolute Gasteiger partial charge is 0.460 e. The molecule has 0 saturated carbocycles. The molecule has 0 saturated heterocycles. The fourth-order valence-electron chi connectivity index (χ4n) is 1.31. The maximum atomic E-state index is 11.8. The Labute approximate surface area is 119 Å². The molecule has 1 N–H and O–H groups in total. The Morgan fingerprint density at radius 1 is 1.10 bits per heavy atom. The second-order valence-corrected chi connectivity index (χ2v) is 5.41. The first kappa shape index (κ1) is 16.2. The van der Waals surface area contributed by atoms with Gasteiger partial charge in [0.05, 0.1) is 12.2 Å². The van der Waals surface area contributed by atoms with Crippen LogP contribution >= 0.6 is 0 Å². The Hall–Kier alpha value is -1.88. The lowest BCUT2D eigenvalue weighted by atomic mass is 9.95. The number of nitrogens with one attached hydrogen (secondary N) is 1. The normalized spacial score (nSPS) is 11.0. The summed E-state index contributed by atoms with van der Waals surface area (Å²) < 4.78 is 9.79. The molecule has 0 aliphatic heterocycles. The number of esters is 1. The van der Waals surface area contributed by atoms with E-state index in [1.165, 1.54) is 0 Å². The van der Waals surface area contributed by atoms with Crippen LogP contribution in [-0.4, -0.2) is 32.2 Å². The van der Waals surface area contributed by atoms with E-state index in [-0.39, 0.29) is 12.5 Å². The molecular formula is C15H21NO4. The minimum absolute atomic E-state index is 0.0760. The van der Waals surface area contributed by atoms with Crippen LogP contribution in [0.4, 0.5) is 5.69 Å². The Morgan fingerprint density at radius 2 is 1.70 bits per heavy atom. The average molecular weight is 279 g/mol. The highest BCUT2D eigenvalue weighted by atomic mass is 16.6. The van der Waals surface area contributed by atoms with Crippen LogP contribution < -0.4 is 5.32 Å². The second-order valence-electron chi connectivity index (χ2n) is 5.41. The zero-order valence-corrected chi connectivity index (χ0v) is 12.4. The van der Waals surface area contributed by atoms with Crippen molar-refractivity contribution in [1.29, 1.82) is 0 Å². The number of ether oxygens (including phenoxy) is 2. The van der Waals surface area contributed by atoms with Crippen LogP contribution in [0.15, 0.2) is 24.3 Å². The van der Waals surface area contributed by atoms with Gasteiger partial charge in [0.2, 0.25) is 5.91 Å². The summed E-state index contributed by atoms with van der Waals surface area (Å²) in [7, 11) is 1.54. The van der Waals surface area contributed by atoms with Gasteiger partial charge in [0.1, 0.15) is 6.61 Å². The average Bonchev–Trinajstić information content (AvgIpc) is 2.38. The van der Waals surface area contributed by atoms with Crippen LogP contribution in [-0.2, 0) is 14.3 Å². The van der Waals surface area contributed by atoms with Crippen molar-refractivity contribution in [2.75, 3.05) is 25.6 Å². The molecule has 0 radical (unpaired) electrons. The molecular weight excluding hydrogens is 258 g/mol. The van der Waals surface area contributed by atoms with E-state index in [9.17, 15) is 9.59 Å². The lowest BCUT2D eigenvalue weighted by Gasteiger charge is -2.17. The minimum Gasteiger partial charge on any atom is -0.460 e. The number of hydrogen-bond donors (Lipinski definition) is 1. The minimum atomic E-state index is -0.461. The smallest absolute Gasteiger partial charge is 0.338 e. The van der Waals surface area contributed by atoms with E-state index in [0.29, 0.717) is 17.9 Å². The van der Waals surface area contributed by atoms with Crippen molar-refractivity contribution < 1.29 is 19.1 Å². The highest BCUT2D eigenvalue weighted by molar-refractivity contribution is 5.95. The standard InChI is InChI=1S/C15H21NO4/c1-15(2,3)14(18)16-12-7-5-11(6-8-12)13(17)20-10-9-19-4/h5-8H,9-10H2,1-4H3,(H,16,18). The lowest BCUT2D eigenvalue weighted by molar-refractivity contribution is -0.123. The summed E-state index contributed by atoms with van der Waals surface area (Å²) in [6, 6.07) is 6.59. The third-order valence-electron chi connectivity index (χ3n) is 2.58. The lowest BCUT2D eigenvalue weighted by Crippen LogP contribution is -2.27. The monoisotopic (exact) mass is 279 g/mol. The Morgan fingerprint density at radius 3 is 2.20 bits per heavy atom. The van der Waals surface area contributed by atoms with Crippen molar-refractivity contribution in [2.24, 2.45) is 5.41 Å². The molecule has 5 nitrogen and oxygen atoms in total. The quantitative estimate of drug-likeness (QED) is 0.664. The van der Waals surface area contributed by atoms with Crippen LogP contribution in [0.2, 0.25) is 0 Å². The zero-order valence-electron chi connectivity index (χ0n) is 12.4. The van der Waals surface area contributed by atoms with Gasteiger partial charge in [0.15, 0.2) is 0 Å². The zero-order chi connectivity index (χ0) is 15.2. The second kappa shape index (κ2) is 7.05. The molecule has 0 atom stereocenters. The topological polar surface area (TPSA) is 64.6 Å². The molecule has 20 heavy (non-hydrogen) atoms. The van der Waals surface area contributed by atoms with Gasteiger partial charge >= 0.3 is 5.97 Å². The van der Waals surface area contributed by atoms with Gasteiger partial charge in [-0.1, -0.05) is 20.8 Å². The summed E-state index contributed by atoms with van der Waals surface area (Å²) >= 11 is 0. The molecule has 0 fully saturated rings. The number of hydrogen-bond acceptors (Lipinski definition) is 4. The third kappa shape index (κ3) is 5.01. The number of carbonyl (C=O) groups is 2. The van der Waals surface area contributed by atoms with Gasteiger partial charge in [0.25, 0.3) is 0 Å². The first-order valence-electron chi connectivity index (χ1n) is 6.42. The Kier molecular flexibility index (Phi) is 5.70.